The minimum Gasteiger partial charge on any atom is -0.0646 e. The summed E-state index contributed by atoms with van der Waals surface area (Å²) in [6.07, 6.45) is 1.16. The molecule has 0 bridgehead atoms. The molecule has 0 aliphatic rings. The topological polar surface area (TPSA) is 0 Å². The summed E-state index contributed by atoms with van der Waals surface area (Å²) in [7, 11) is 0. The molecule has 0 nitrogen and oxygen atoms in total. The van der Waals surface area contributed by atoms with Crippen LogP contribution in [0.25, 0.3) is 10.8 Å². The van der Waals surface area contributed by atoms with Crippen LogP contribution in [0.4, 0.5) is 0 Å². The molecule has 0 unspecified atom stereocenters. The molecule has 0 spiro atoms. The Morgan fingerprint density at radius 1 is 0.842 bits per heavy atom. The normalized spacial score (nSPS) is 12.9. The Morgan fingerprint density at radius 3 is 2.05 bits per heavy atom. The Bertz CT molecular complexity index is 583. The van der Waals surface area contributed by atoms with E-state index in [4.69, 9.17) is 0 Å². The van der Waals surface area contributed by atoms with Crippen molar-refractivity contribution >= 4 is 10.8 Å². The van der Waals surface area contributed by atoms with Crippen LogP contribution in [-0.2, 0) is 10.8 Å². The molecule has 0 aliphatic heterocycles. The van der Waals surface area contributed by atoms with E-state index < -0.39 is 0 Å². The number of hydrogen-bond acceptors (Lipinski definition) is 0. The highest BCUT2D eigenvalue weighted by atomic mass is 14.3. The van der Waals surface area contributed by atoms with Crippen LogP contribution in [0, 0.1) is 0 Å². The summed E-state index contributed by atoms with van der Waals surface area (Å²) in [5, 5.41) is 2.77. The largest absolute Gasteiger partial charge is 0.0646 e. The first-order valence-corrected chi connectivity index (χ1v) is 7.30. The SMILES string of the molecule is CCC(C)(C)c1c(C(C)(C)C)ccc2ccccc12. The number of benzene rings is 2. The van der Waals surface area contributed by atoms with Gasteiger partial charge in [0.2, 0.25) is 0 Å². The highest BCUT2D eigenvalue weighted by molar-refractivity contribution is 5.88. The molecular weight excluding hydrogens is 228 g/mol. The average molecular weight is 254 g/mol. The van der Waals surface area contributed by atoms with Crippen molar-refractivity contribution in [1.82, 2.24) is 0 Å². The van der Waals surface area contributed by atoms with Crippen LogP contribution in [-0.4, -0.2) is 0 Å². The van der Waals surface area contributed by atoms with Crippen molar-refractivity contribution in [3.63, 3.8) is 0 Å². The average Bonchev–Trinajstić information content (AvgIpc) is 2.36. The zero-order valence-electron chi connectivity index (χ0n) is 13.2. The first kappa shape index (κ1) is 14.1. The molecule has 0 aliphatic carbocycles. The van der Waals surface area contributed by atoms with Crippen LogP contribution >= 0.6 is 0 Å². The van der Waals surface area contributed by atoms with E-state index in [0.717, 1.165) is 6.42 Å². The lowest BCUT2D eigenvalue weighted by Crippen LogP contribution is -2.24. The molecule has 0 N–H and O–H groups in total. The zero-order chi connectivity index (χ0) is 14.3. The first-order valence-electron chi connectivity index (χ1n) is 7.30. The Balaban J connectivity index is 2.88. The molecule has 2 aromatic carbocycles. The first-order chi connectivity index (χ1) is 8.77. The van der Waals surface area contributed by atoms with Crippen molar-refractivity contribution in [3.8, 4) is 0 Å². The van der Waals surface area contributed by atoms with Crippen LogP contribution in [0.15, 0.2) is 36.4 Å². The maximum absolute atomic E-state index is 2.37. The van der Waals surface area contributed by atoms with Crippen molar-refractivity contribution in [1.29, 1.82) is 0 Å². The zero-order valence-corrected chi connectivity index (χ0v) is 13.2. The minimum absolute atomic E-state index is 0.186. The maximum Gasteiger partial charge on any atom is -0.00971 e. The summed E-state index contributed by atoms with van der Waals surface area (Å²) in [6.45, 7) is 14.0. The van der Waals surface area contributed by atoms with Gasteiger partial charge in [-0.25, -0.2) is 0 Å². The summed E-state index contributed by atoms with van der Waals surface area (Å²) in [4.78, 5) is 0. The van der Waals surface area contributed by atoms with Crippen molar-refractivity contribution in [2.75, 3.05) is 0 Å². The summed E-state index contributed by atoms with van der Waals surface area (Å²) < 4.78 is 0. The Morgan fingerprint density at radius 2 is 1.47 bits per heavy atom. The lowest BCUT2D eigenvalue weighted by molar-refractivity contribution is 0.484. The molecule has 0 heteroatoms. The third kappa shape index (κ3) is 2.54. The molecule has 0 heterocycles. The molecule has 102 valence electrons. The minimum atomic E-state index is 0.186. The molecule has 2 aromatic rings. The second-order valence-corrected chi connectivity index (χ2v) is 7.20. The Hall–Kier alpha value is -1.30. The molecule has 0 saturated heterocycles. The van der Waals surface area contributed by atoms with Crippen LogP contribution < -0.4 is 0 Å². The van der Waals surface area contributed by atoms with E-state index in [1.54, 1.807) is 0 Å². The summed E-state index contributed by atoms with van der Waals surface area (Å²) in [5.74, 6) is 0. The van der Waals surface area contributed by atoms with Gasteiger partial charge in [0, 0.05) is 0 Å². The number of fused-ring (bicyclic) bond motifs is 1. The van der Waals surface area contributed by atoms with Gasteiger partial charge in [-0.2, -0.15) is 0 Å². The van der Waals surface area contributed by atoms with Gasteiger partial charge >= 0.3 is 0 Å². The fraction of sp³-hybridized carbons (Fsp3) is 0.474. The molecule has 0 aromatic heterocycles. The van der Waals surface area contributed by atoms with E-state index in [2.05, 4.69) is 77.9 Å². The summed E-state index contributed by atoms with van der Waals surface area (Å²) in [6, 6.07) is 13.4. The standard InChI is InChI=1S/C19H26/c1-7-19(5,6)17-15-11-9-8-10-14(15)12-13-16(17)18(2,3)4/h8-13H,7H2,1-6H3. The van der Waals surface area contributed by atoms with Crippen molar-refractivity contribution in [3.05, 3.63) is 47.5 Å². The number of hydrogen-bond donors (Lipinski definition) is 0. The fourth-order valence-corrected chi connectivity index (χ4v) is 2.80. The second kappa shape index (κ2) is 4.67. The molecular formula is C19H26. The lowest BCUT2D eigenvalue weighted by Gasteiger charge is -2.33. The molecule has 2 rings (SSSR count). The van der Waals surface area contributed by atoms with E-state index in [1.165, 1.54) is 21.9 Å². The van der Waals surface area contributed by atoms with E-state index >= 15 is 0 Å². The van der Waals surface area contributed by atoms with Gasteiger partial charge in [-0.1, -0.05) is 77.9 Å². The van der Waals surface area contributed by atoms with Crippen molar-refractivity contribution in [2.45, 2.75) is 58.8 Å². The van der Waals surface area contributed by atoms with Gasteiger partial charge in [0.25, 0.3) is 0 Å². The van der Waals surface area contributed by atoms with E-state index in [-0.39, 0.29) is 10.8 Å². The Kier molecular flexibility index (Phi) is 3.47. The predicted octanol–water partition coefficient (Wildman–Crippen LogP) is 5.82. The third-order valence-corrected chi connectivity index (χ3v) is 4.30. The monoisotopic (exact) mass is 254 g/mol. The number of rotatable bonds is 2. The van der Waals surface area contributed by atoms with Crippen LogP contribution in [0.5, 0.6) is 0 Å². The molecule has 0 radical (unpaired) electrons. The highest BCUT2D eigenvalue weighted by Gasteiger charge is 2.28. The van der Waals surface area contributed by atoms with Crippen molar-refractivity contribution in [2.24, 2.45) is 0 Å². The van der Waals surface area contributed by atoms with Crippen LogP contribution in [0.1, 0.15) is 59.1 Å². The molecule has 19 heavy (non-hydrogen) atoms. The van der Waals surface area contributed by atoms with Gasteiger partial charge < -0.3 is 0 Å². The second-order valence-electron chi connectivity index (χ2n) is 7.20. The predicted molar refractivity (Wildman–Crippen MR) is 86.0 cm³/mol. The Labute approximate surface area is 117 Å². The van der Waals surface area contributed by atoms with Crippen molar-refractivity contribution < 1.29 is 0 Å². The summed E-state index contributed by atoms with van der Waals surface area (Å²) in [5.41, 5.74) is 3.41. The van der Waals surface area contributed by atoms with Crippen LogP contribution in [0.3, 0.4) is 0 Å². The summed E-state index contributed by atoms with van der Waals surface area (Å²) >= 11 is 0. The smallest absolute Gasteiger partial charge is 0.00971 e. The van der Waals surface area contributed by atoms with E-state index in [9.17, 15) is 0 Å². The van der Waals surface area contributed by atoms with Gasteiger partial charge in [0.05, 0.1) is 0 Å². The van der Waals surface area contributed by atoms with Gasteiger partial charge in [-0.05, 0) is 39.2 Å². The molecule has 0 amide bonds. The lowest BCUT2D eigenvalue weighted by atomic mass is 9.71. The van der Waals surface area contributed by atoms with Gasteiger partial charge in [-0.3, -0.25) is 0 Å². The van der Waals surface area contributed by atoms with E-state index in [1.807, 2.05) is 0 Å². The quantitative estimate of drug-likeness (QED) is 0.633. The van der Waals surface area contributed by atoms with Gasteiger partial charge in [-0.15, -0.1) is 0 Å². The van der Waals surface area contributed by atoms with Gasteiger partial charge in [0.1, 0.15) is 0 Å². The van der Waals surface area contributed by atoms with Gasteiger partial charge in [0.15, 0.2) is 0 Å². The highest BCUT2D eigenvalue weighted by Crippen LogP contribution is 2.40. The van der Waals surface area contributed by atoms with Crippen LogP contribution in [0.2, 0.25) is 0 Å². The molecule has 0 fully saturated rings. The third-order valence-electron chi connectivity index (χ3n) is 4.30. The molecule has 0 saturated carbocycles. The molecule has 0 atom stereocenters. The van der Waals surface area contributed by atoms with E-state index in [0.29, 0.717) is 0 Å². The maximum atomic E-state index is 2.37. The fourth-order valence-electron chi connectivity index (χ4n) is 2.80.